The maximum Gasteiger partial charge on any atom is 0.266 e. The molecule has 4 heteroatoms. The van der Waals surface area contributed by atoms with Gasteiger partial charge in [0.25, 0.3) is 5.91 Å². The van der Waals surface area contributed by atoms with Crippen LogP contribution in [-0.2, 0) is 0 Å². The van der Waals surface area contributed by atoms with Crippen molar-refractivity contribution < 1.29 is 4.79 Å². The Kier molecular flexibility index (Phi) is 3.42. The molecule has 2 aromatic heterocycles. The van der Waals surface area contributed by atoms with E-state index in [4.69, 9.17) is 0 Å². The van der Waals surface area contributed by atoms with Crippen molar-refractivity contribution >= 4 is 17.2 Å². The maximum absolute atomic E-state index is 12.6. The van der Waals surface area contributed by atoms with Gasteiger partial charge in [0.1, 0.15) is 4.88 Å². The number of likely N-dealkylation sites (tertiary alicyclic amines) is 1. The summed E-state index contributed by atoms with van der Waals surface area (Å²) in [6, 6.07) is 5.98. The lowest BCUT2D eigenvalue weighted by Crippen LogP contribution is -2.37. The number of aromatic nitrogens is 1. The zero-order chi connectivity index (χ0) is 13.2. The molecule has 0 atom stereocenters. The molecule has 0 aliphatic carbocycles. The highest BCUT2D eigenvalue weighted by atomic mass is 32.1. The summed E-state index contributed by atoms with van der Waals surface area (Å²) in [5.74, 6) is 0.932. The first-order valence-electron chi connectivity index (χ1n) is 6.76. The van der Waals surface area contributed by atoms with E-state index in [9.17, 15) is 4.79 Å². The van der Waals surface area contributed by atoms with Gasteiger partial charge in [0, 0.05) is 25.5 Å². The smallest absolute Gasteiger partial charge is 0.266 e. The van der Waals surface area contributed by atoms with Crippen molar-refractivity contribution in [2.24, 2.45) is 5.92 Å². The molecule has 0 saturated carbocycles. The van der Waals surface area contributed by atoms with Crippen LogP contribution in [0.25, 0.3) is 5.69 Å². The molecule has 3 rings (SSSR count). The monoisotopic (exact) mass is 274 g/mol. The predicted octanol–water partition coefficient (Wildman–Crippen LogP) is 3.41. The number of rotatable bonds is 2. The molecule has 100 valence electrons. The van der Waals surface area contributed by atoms with Gasteiger partial charge in [-0.2, -0.15) is 0 Å². The molecule has 1 amide bonds. The van der Waals surface area contributed by atoms with Crippen molar-refractivity contribution in [1.82, 2.24) is 9.47 Å². The SMILES string of the molecule is CC1CCN(C(=O)c2sccc2-n2cccc2)CC1. The third kappa shape index (κ3) is 2.45. The van der Waals surface area contributed by atoms with Gasteiger partial charge in [-0.1, -0.05) is 6.92 Å². The number of hydrogen-bond donors (Lipinski definition) is 0. The van der Waals surface area contributed by atoms with E-state index < -0.39 is 0 Å². The molecule has 3 heterocycles. The van der Waals surface area contributed by atoms with Crippen LogP contribution < -0.4 is 0 Å². The highest BCUT2D eigenvalue weighted by Crippen LogP contribution is 2.25. The first kappa shape index (κ1) is 12.5. The number of piperidine rings is 1. The van der Waals surface area contributed by atoms with Crippen molar-refractivity contribution in [1.29, 1.82) is 0 Å². The van der Waals surface area contributed by atoms with Crippen LogP contribution in [0.15, 0.2) is 36.0 Å². The fraction of sp³-hybridized carbons (Fsp3) is 0.400. The largest absolute Gasteiger partial charge is 0.338 e. The Labute approximate surface area is 117 Å². The second kappa shape index (κ2) is 5.21. The number of thiophene rings is 1. The van der Waals surface area contributed by atoms with E-state index in [2.05, 4.69) is 6.92 Å². The van der Waals surface area contributed by atoms with Crippen molar-refractivity contribution in [2.75, 3.05) is 13.1 Å². The van der Waals surface area contributed by atoms with Gasteiger partial charge in [-0.25, -0.2) is 0 Å². The van der Waals surface area contributed by atoms with Crippen LogP contribution in [0.4, 0.5) is 0 Å². The van der Waals surface area contributed by atoms with Crippen LogP contribution >= 0.6 is 11.3 Å². The summed E-state index contributed by atoms with van der Waals surface area (Å²) in [6.07, 6.45) is 6.21. The molecule has 1 saturated heterocycles. The number of hydrogen-bond acceptors (Lipinski definition) is 2. The Bertz CT molecular complexity index is 550. The lowest BCUT2D eigenvalue weighted by atomic mass is 9.99. The van der Waals surface area contributed by atoms with Gasteiger partial charge in [0.15, 0.2) is 0 Å². The standard InChI is InChI=1S/C15H18N2OS/c1-12-4-9-17(10-5-12)15(18)14-13(6-11-19-14)16-7-2-3-8-16/h2-3,6-8,11-12H,4-5,9-10H2,1H3. The van der Waals surface area contributed by atoms with Crippen LogP contribution in [0.2, 0.25) is 0 Å². The molecule has 1 aliphatic rings. The number of carbonyl (C=O) groups is 1. The van der Waals surface area contributed by atoms with E-state index in [0.717, 1.165) is 42.4 Å². The Morgan fingerprint density at radius 2 is 1.95 bits per heavy atom. The second-order valence-corrected chi connectivity index (χ2v) is 6.12. The van der Waals surface area contributed by atoms with Crippen molar-refractivity contribution in [3.05, 3.63) is 40.8 Å². The average molecular weight is 274 g/mol. The minimum atomic E-state index is 0.186. The van der Waals surface area contributed by atoms with Crippen LogP contribution in [0.5, 0.6) is 0 Å². The maximum atomic E-state index is 12.6. The van der Waals surface area contributed by atoms with Crippen LogP contribution in [0, 0.1) is 5.92 Å². The average Bonchev–Trinajstić information content (AvgIpc) is 3.09. The van der Waals surface area contributed by atoms with Gasteiger partial charge < -0.3 is 9.47 Å². The van der Waals surface area contributed by atoms with E-state index in [-0.39, 0.29) is 5.91 Å². The summed E-state index contributed by atoms with van der Waals surface area (Å²) in [7, 11) is 0. The lowest BCUT2D eigenvalue weighted by Gasteiger charge is -2.30. The molecule has 3 nitrogen and oxygen atoms in total. The third-order valence-corrected chi connectivity index (χ3v) is 4.68. The number of carbonyl (C=O) groups excluding carboxylic acids is 1. The van der Waals surface area contributed by atoms with Crippen molar-refractivity contribution in [3.63, 3.8) is 0 Å². The minimum Gasteiger partial charge on any atom is -0.338 e. The molecule has 0 N–H and O–H groups in total. The van der Waals surface area contributed by atoms with Crippen LogP contribution in [-0.4, -0.2) is 28.5 Å². The Hall–Kier alpha value is -1.55. The summed E-state index contributed by atoms with van der Waals surface area (Å²) in [5, 5.41) is 2.00. The molecule has 2 aromatic rings. The van der Waals surface area contributed by atoms with E-state index in [1.165, 1.54) is 11.3 Å². The summed E-state index contributed by atoms with van der Waals surface area (Å²) < 4.78 is 2.01. The normalized spacial score (nSPS) is 16.8. The van der Waals surface area contributed by atoms with Crippen LogP contribution in [0.1, 0.15) is 29.4 Å². The van der Waals surface area contributed by atoms with Gasteiger partial charge in [-0.15, -0.1) is 11.3 Å². The quantitative estimate of drug-likeness (QED) is 0.824. The summed E-state index contributed by atoms with van der Waals surface area (Å²) >= 11 is 1.54. The lowest BCUT2D eigenvalue weighted by molar-refractivity contribution is 0.0702. The first-order chi connectivity index (χ1) is 9.25. The van der Waals surface area contributed by atoms with Gasteiger partial charge in [0.05, 0.1) is 5.69 Å². The minimum absolute atomic E-state index is 0.186. The molecular weight excluding hydrogens is 256 g/mol. The molecule has 0 unspecified atom stereocenters. The zero-order valence-electron chi connectivity index (χ0n) is 11.1. The molecule has 0 aromatic carbocycles. The predicted molar refractivity (Wildman–Crippen MR) is 77.9 cm³/mol. The Morgan fingerprint density at radius 3 is 2.63 bits per heavy atom. The van der Waals surface area contributed by atoms with Gasteiger partial charge in [-0.05, 0) is 42.3 Å². The summed E-state index contributed by atoms with van der Waals surface area (Å²) in [5.41, 5.74) is 0.999. The molecule has 1 fully saturated rings. The molecule has 0 bridgehead atoms. The number of amides is 1. The molecule has 0 spiro atoms. The fourth-order valence-corrected chi connectivity index (χ4v) is 3.37. The van der Waals surface area contributed by atoms with Gasteiger partial charge in [0.2, 0.25) is 0 Å². The molecule has 1 aliphatic heterocycles. The first-order valence-corrected chi connectivity index (χ1v) is 7.64. The molecular formula is C15H18N2OS. The summed E-state index contributed by atoms with van der Waals surface area (Å²) in [6.45, 7) is 4.05. The van der Waals surface area contributed by atoms with Crippen LogP contribution in [0.3, 0.4) is 0 Å². The molecule has 19 heavy (non-hydrogen) atoms. The third-order valence-electron chi connectivity index (χ3n) is 3.79. The van der Waals surface area contributed by atoms with Gasteiger partial charge >= 0.3 is 0 Å². The van der Waals surface area contributed by atoms with Crippen molar-refractivity contribution in [3.8, 4) is 5.69 Å². The van der Waals surface area contributed by atoms with E-state index >= 15 is 0 Å². The topological polar surface area (TPSA) is 25.2 Å². The van der Waals surface area contributed by atoms with Gasteiger partial charge in [-0.3, -0.25) is 4.79 Å². The Morgan fingerprint density at radius 1 is 1.26 bits per heavy atom. The highest BCUT2D eigenvalue weighted by molar-refractivity contribution is 7.12. The highest BCUT2D eigenvalue weighted by Gasteiger charge is 2.24. The van der Waals surface area contributed by atoms with Crippen molar-refractivity contribution in [2.45, 2.75) is 19.8 Å². The summed E-state index contributed by atoms with van der Waals surface area (Å²) in [4.78, 5) is 15.5. The zero-order valence-corrected chi connectivity index (χ0v) is 11.9. The second-order valence-electron chi connectivity index (χ2n) is 5.20. The van der Waals surface area contributed by atoms with E-state index in [0.29, 0.717) is 0 Å². The van der Waals surface area contributed by atoms with E-state index in [1.54, 1.807) is 0 Å². The number of nitrogens with zero attached hydrogens (tertiary/aromatic N) is 2. The Balaban J connectivity index is 1.83. The van der Waals surface area contributed by atoms with E-state index in [1.807, 2.05) is 45.4 Å². The fourth-order valence-electron chi connectivity index (χ4n) is 2.52. The molecule has 0 radical (unpaired) electrons.